The van der Waals surface area contributed by atoms with Gasteiger partial charge < -0.3 is 9.32 Å². The van der Waals surface area contributed by atoms with Crippen LogP contribution in [0.3, 0.4) is 0 Å². The summed E-state index contributed by atoms with van der Waals surface area (Å²) in [7, 11) is 4.15. The lowest BCUT2D eigenvalue weighted by molar-refractivity contribution is -0.121. The average molecular weight is 318 g/mol. The molecule has 23 heavy (non-hydrogen) atoms. The first-order chi connectivity index (χ1) is 10.8. The Morgan fingerprint density at radius 1 is 1.48 bits per heavy atom. The van der Waals surface area contributed by atoms with Crippen LogP contribution in [0.4, 0.5) is 5.88 Å². The summed E-state index contributed by atoms with van der Waals surface area (Å²) in [5.74, 6) is 0.797. The smallest absolute Gasteiger partial charge is 0.243 e. The highest BCUT2D eigenvalue weighted by molar-refractivity contribution is 5.94. The Bertz CT molecular complexity index is 615. The van der Waals surface area contributed by atoms with E-state index in [0.717, 1.165) is 31.5 Å². The number of hydrogen-bond acceptors (Lipinski definition) is 5. The molecule has 1 aliphatic heterocycles. The first-order valence-electron chi connectivity index (χ1n) is 8.06. The SMILES string of the molecule is Cc1oc(NC(=O)C(C)N2CCCC(N(C)C)C2)c(C#N)c1C. The second-order valence-corrected chi connectivity index (χ2v) is 6.52. The summed E-state index contributed by atoms with van der Waals surface area (Å²) in [6.45, 7) is 7.32. The van der Waals surface area contributed by atoms with E-state index >= 15 is 0 Å². The molecular formula is C17H26N4O2. The molecule has 0 aliphatic carbocycles. The number of nitrogens with zero attached hydrogens (tertiary/aromatic N) is 3. The molecule has 1 amide bonds. The Morgan fingerprint density at radius 3 is 2.78 bits per heavy atom. The molecule has 126 valence electrons. The van der Waals surface area contributed by atoms with Crippen molar-refractivity contribution < 1.29 is 9.21 Å². The van der Waals surface area contributed by atoms with Crippen molar-refractivity contribution in [2.24, 2.45) is 0 Å². The zero-order chi connectivity index (χ0) is 17.1. The Kier molecular flexibility index (Phi) is 5.45. The number of carbonyl (C=O) groups is 1. The highest BCUT2D eigenvalue weighted by Crippen LogP contribution is 2.26. The van der Waals surface area contributed by atoms with Gasteiger partial charge in [0.2, 0.25) is 11.8 Å². The van der Waals surface area contributed by atoms with Gasteiger partial charge in [0.15, 0.2) is 0 Å². The van der Waals surface area contributed by atoms with E-state index in [1.807, 2.05) is 13.8 Å². The second kappa shape index (κ2) is 7.16. The maximum Gasteiger partial charge on any atom is 0.243 e. The van der Waals surface area contributed by atoms with Crippen molar-refractivity contribution in [2.45, 2.75) is 45.7 Å². The second-order valence-electron chi connectivity index (χ2n) is 6.52. The Labute approximate surface area is 138 Å². The monoisotopic (exact) mass is 318 g/mol. The van der Waals surface area contributed by atoms with Gasteiger partial charge in [-0.15, -0.1) is 0 Å². The van der Waals surface area contributed by atoms with Gasteiger partial charge in [-0.05, 0) is 54.3 Å². The molecule has 6 nitrogen and oxygen atoms in total. The molecule has 0 aromatic carbocycles. The number of hydrogen-bond donors (Lipinski definition) is 1. The van der Waals surface area contributed by atoms with Crippen molar-refractivity contribution in [2.75, 3.05) is 32.5 Å². The van der Waals surface area contributed by atoms with Crippen LogP contribution in [-0.4, -0.2) is 55.0 Å². The predicted molar refractivity (Wildman–Crippen MR) is 89.3 cm³/mol. The summed E-state index contributed by atoms with van der Waals surface area (Å²) in [6, 6.07) is 2.32. The van der Waals surface area contributed by atoms with Crippen molar-refractivity contribution in [3.63, 3.8) is 0 Å². The molecule has 2 rings (SSSR count). The zero-order valence-corrected chi connectivity index (χ0v) is 14.6. The average Bonchev–Trinajstić information content (AvgIpc) is 2.80. The topological polar surface area (TPSA) is 72.5 Å². The summed E-state index contributed by atoms with van der Waals surface area (Å²) in [5.41, 5.74) is 1.19. The van der Waals surface area contributed by atoms with Crippen LogP contribution in [0.5, 0.6) is 0 Å². The van der Waals surface area contributed by atoms with E-state index < -0.39 is 0 Å². The normalized spacial score (nSPS) is 20.3. The lowest BCUT2D eigenvalue weighted by atomic mass is 10.0. The van der Waals surface area contributed by atoms with E-state index in [1.165, 1.54) is 0 Å². The minimum atomic E-state index is -0.255. The van der Waals surface area contributed by atoms with E-state index in [2.05, 4.69) is 35.3 Å². The molecule has 2 unspecified atom stereocenters. The fourth-order valence-electron chi connectivity index (χ4n) is 2.99. The van der Waals surface area contributed by atoms with Gasteiger partial charge in [0.1, 0.15) is 17.4 Å². The number of likely N-dealkylation sites (tertiary alicyclic amines) is 1. The molecule has 1 aromatic rings. The van der Waals surface area contributed by atoms with Crippen LogP contribution in [0.2, 0.25) is 0 Å². The van der Waals surface area contributed by atoms with Crippen LogP contribution in [-0.2, 0) is 4.79 Å². The van der Waals surface area contributed by atoms with E-state index in [9.17, 15) is 10.1 Å². The van der Waals surface area contributed by atoms with E-state index in [1.54, 1.807) is 6.92 Å². The van der Waals surface area contributed by atoms with E-state index in [-0.39, 0.29) is 17.8 Å². The van der Waals surface area contributed by atoms with Crippen LogP contribution in [0, 0.1) is 25.2 Å². The molecule has 2 atom stereocenters. The first kappa shape index (κ1) is 17.5. The molecule has 1 fully saturated rings. The van der Waals surface area contributed by atoms with Crippen molar-refractivity contribution in [3.05, 3.63) is 16.9 Å². The number of anilines is 1. The minimum Gasteiger partial charge on any atom is -0.444 e. The number of furan rings is 1. The zero-order valence-electron chi connectivity index (χ0n) is 14.6. The summed E-state index contributed by atoms with van der Waals surface area (Å²) >= 11 is 0. The lowest BCUT2D eigenvalue weighted by Crippen LogP contribution is -2.51. The predicted octanol–water partition coefficient (Wildman–Crippen LogP) is 2.12. The first-order valence-corrected chi connectivity index (χ1v) is 8.06. The summed E-state index contributed by atoms with van der Waals surface area (Å²) in [5, 5.41) is 12.0. The number of carbonyl (C=O) groups excluding carboxylic acids is 1. The highest BCUT2D eigenvalue weighted by Gasteiger charge is 2.29. The number of amides is 1. The Hall–Kier alpha value is -1.84. The number of piperidine rings is 1. The molecule has 0 spiro atoms. The molecule has 1 saturated heterocycles. The summed E-state index contributed by atoms with van der Waals surface area (Å²) in [4.78, 5) is 16.9. The number of nitriles is 1. The Balaban J connectivity index is 2.06. The van der Waals surface area contributed by atoms with E-state index in [0.29, 0.717) is 17.4 Å². The molecular weight excluding hydrogens is 292 g/mol. The maximum absolute atomic E-state index is 12.5. The largest absolute Gasteiger partial charge is 0.444 e. The molecule has 6 heteroatoms. The molecule has 1 aliphatic rings. The minimum absolute atomic E-state index is 0.130. The van der Waals surface area contributed by atoms with Crippen molar-refractivity contribution >= 4 is 11.8 Å². The van der Waals surface area contributed by atoms with Crippen molar-refractivity contribution in [3.8, 4) is 6.07 Å². The van der Waals surface area contributed by atoms with Crippen molar-refractivity contribution in [1.82, 2.24) is 9.80 Å². The summed E-state index contributed by atoms with van der Waals surface area (Å²) in [6.07, 6.45) is 2.25. The molecule has 2 heterocycles. The number of nitrogens with one attached hydrogen (secondary N) is 1. The van der Waals surface area contributed by atoms with Gasteiger partial charge in [0.05, 0.1) is 6.04 Å². The Morgan fingerprint density at radius 2 is 2.17 bits per heavy atom. The van der Waals surface area contributed by atoms with Gasteiger partial charge in [0.25, 0.3) is 0 Å². The van der Waals surface area contributed by atoms with Gasteiger partial charge in [-0.2, -0.15) is 5.26 Å². The van der Waals surface area contributed by atoms with Gasteiger partial charge in [-0.25, -0.2) is 0 Å². The number of aryl methyl sites for hydroxylation is 1. The van der Waals surface area contributed by atoms with Crippen LogP contribution < -0.4 is 5.32 Å². The summed E-state index contributed by atoms with van der Waals surface area (Å²) < 4.78 is 5.52. The molecule has 0 saturated carbocycles. The highest BCUT2D eigenvalue weighted by atomic mass is 16.4. The third kappa shape index (κ3) is 3.74. The third-order valence-electron chi connectivity index (χ3n) is 4.82. The molecule has 1 N–H and O–H groups in total. The maximum atomic E-state index is 12.5. The molecule has 0 bridgehead atoms. The third-order valence-corrected chi connectivity index (χ3v) is 4.82. The lowest BCUT2D eigenvalue weighted by Gasteiger charge is -2.38. The van der Waals surface area contributed by atoms with Gasteiger partial charge >= 0.3 is 0 Å². The van der Waals surface area contributed by atoms with Gasteiger partial charge in [0, 0.05) is 18.2 Å². The van der Waals surface area contributed by atoms with Crippen molar-refractivity contribution in [1.29, 1.82) is 5.26 Å². The molecule has 0 radical (unpaired) electrons. The number of likely N-dealkylation sites (N-methyl/N-ethyl adjacent to an activating group) is 1. The van der Waals surface area contributed by atoms with Crippen LogP contribution in [0.1, 0.15) is 36.7 Å². The number of rotatable bonds is 4. The van der Waals surface area contributed by atoms with Crippen LogP contribution >= 0.6 is 0 Å². The molecule has 1 aromatic heterocycles. The van der Waals surface area contributed by atoms with E-state index in [4.69, 9.17) is 4.42 Å². The van der Waals surface area contributed by atoms with Gasteiger partial charge in [-0.3, -0.25) is 15.0 Å². The van der Waals surface area contributed by atoms with Gasteiger partial charge in [-0.1, -0.05) is 0 Å². The quantitative estimate of drug-likeness (QED) is 0.920. The standard InChI is InChI=1S/C17H26N4O2/c1-11-13(3)23-17(15(11)9-18)19-16(22)12(2)21-8-6-7-14(10-21)20(4)5/h12,14H,6-8,10H2,1-5H3,(H,19,22). The fourth-order valence-corrected chi connectivity index (χ4v) is 2.99. The fraction of sp³-hybridized carbons (Fsp3) is 0.647. The van der Waals surface area contributed by atoms with Crippen LogP contribution in [0.25, 0.3) is 0 Å². The van der Waals surface area contributed by atoms with Crippen LogP contribution in [0.15, 0.2) is 4.42 Å².